The smallest absolute Gasteiger partial charge is 0.338 e. The van der Waals surface area contributed by atoms with Gasteiger partial charge in [0.2, 0.25) is 0 Å². The van der Waals surface area contributed by atoms with E-state index < -0.39 is 5.97 Å². The Labute approximate surface area is 112 Å². The van der Waals surface area contributed by atoms with Crippen LogP contribution >= 0.6 is 0 Å². The lowest BCUT2D eigenvalue weighted by Gasteiger charge is -2.04. The van der Waals surface area contributed by atoms with Gasteiger partial charge in [0.05, 0.1) is 5.56 Å². The van der Waals surface area contributed by atoms with E-state index in [1.54, 1.807) is 0 Å². The fourth-order valence-electron chi connectivity index (χ4n) is 2.69. The highest BCUT2D eigenvalue weighted by Crippen LogP contribution is 2.67. The molecule has 0 aliphatic heterocycles. The van der Waals surface area contributed by atoms with Crippen molar-refractivity contribution in [1.29, 1.82) is 0 Å². The second-order valence-corrected chi connectivity index (χ2v) is 6.21. The largest absolute Gasteiger partial charge is 0.478 e. The minimum absolute atomic E-state index is 0.0165. The summed E-state index contributed by atoms with van der Waals surface area (Å²) in [5.41, 5.74) is 0.392. The highest BCUT2D eigenvalue weighted by molar-refractivity contribution is 5.95. The summed E-state index contributed by atoms with van der Waals surface area (Å²) in [6, 6.07) is 1.24. The van der Waals surface area contributed by atoms with Crippen LogP contribution in [0.4, 0.5) is 0 Å². The molecule has 1 fully saturated rings. The van der Waals surface area contributed by atoms with Gasteiger partial charge in [-0.25, -0.2) is 4.79 Å². The zero-order valence-corrected chi connectivity index (χ0v) is 11.6. The summed E-state index contributed by atoms with van der Waals surface area (Å²) < 4.78 is 4.95. The van der Waals surface area contributed by atoms with Gasteiger partial charge in [0.15, 0.2) is 5.76 Å². The van der Waals surface area contributed by atoms with Gasteiger partial charge in [0.25, 0.3) is 5.91 Å². The number of nitrogens with one attached hydrogen (secondary N) is 1. The summed E-state index contributed by atoms with van der Waals surface area (Å²) in [5.74, 6) is -1.02. The Balaban J connectivity index is 1.94. The molecule has 2 N–H and O–H groups in total. The van der Waals surface area contributed by atoms with E-state index in [4.69, 9.17) is 9.52 Å². The van der Waals surface area contributed by atoms with E-state index in [9.17, 15) is 9.59 Å². The number of hydrogen-bond acceptors (Lipinski definition) is 3. The average molecular weight is 265 g/mol. The molecule has 1 saturated carbocycles. The van der Waals surface area contributed by atoms with E-state index in [0.29, 0.717) is 12.5 Å². The third-order valence-corrected chi connectivity index (χ3v) is 4.86. The van der Waals surface area contributed by atoms with Crippen molar-refractivity contribution in [1.82, 2.24) is 5.32 Å². The van der Waals surface area contributed by atoms with Crippen molar-refractivity contribution in [3.05, 3.63) is 23.7 Å². The molecule has 104 valence electrons. The zero-order chi connectivity index (χ0) is 14.4. The minimum Gasteiger partial charge on any atom is -0.478 e. The van der Waals surface area contributed by atoms with E-state index in [2.05, 4.69) is 33.0 Å². The maximum Gasteiger partial charge on any atom is 0.338 e. The maximum atomic E-state index is 11.8. The van der Waals surface area contributed by atoms with Gasteiger partial charge in [-0.15, -0.1) is 0 Å². The van der Waals surface area contributed by atoms with Crippen molar-refractivity contribution in [3.8, 4) is 0 Å². The lowest BCUT2D eigenvalue weighted by Crippen LogP contribution is -2.26. The van der Waals surface area contributed by atoms with Crippen LogP contribution in [0.2, 0.25) is 0 Å². The number of carboxylic acid groups (broad SMARTS) is 1. The molecule has 1 aromatic rings. The van der Waals surface area contributed by atoms with Gasteiger partial charge < -0.3 is 14.8 Å². The van der Waals surface area contributed by atoms with Gasteiger partial charge in [-0.1, -0.05) is 27.7 Å². The summed E-state index contributed by atoms with van der Waals surface area (Å²) in [6.45, 7) is 9.29. The normalized spacial score (nSPS) is 20.0. The Morgan fingerprint density at radius 3 is 2.32 bits per heavy atom. The number of carboxylic acids is 1. The van der Waals surface area contributed by atoms with Crippen molar-refractivity contribution in [2.24, 2.45) is 16.7 Å². The Kier molecular flexibility index (Phi) is 2.96. The molecule has 1 aliphatic carbocycles. The van der Waals surface area contributed by atoms with Crippen LogP contribution in [0.25, 0.3) is 0 Å². The van der Waals surface area contributed by atoms with Gasteiger partial charge in [-0.2, -0.15) is 0 Å². The first-order valence-corrected chi connectivity index (χ1v) is 6.28. The molecule has 1 aliphatic rings. The van der Waals surface area contributed by atoms with E-state index in [1.807, 2.05) is 0 Å². The molecule has 19 heavy (non-hydrogen) atoms. The van der Waals surface area contributed by atoms with Crippen LogP contribution in [0.15, 0.2) is 16.7 Å². The molecule has 1 amide bonds. The number of hydrogen-bond donors (Lipinski definition) is 2. The SMILES string of the molecule is CC1(C)C(CNC(=O)c2cc(C(=O)O)co2)C1(C)C. The molecule has 0 radical (unpaired) electrons. The lowest BCUT2D eigenvalue weighted by molar-refractivity contribution is 0.0695. The van der Waals surface area contributed by atoms with Crippen LogP contribution < -0.4 is 5.32 Å². The second kappa shape index (κ2) is 4.11. The first-order chi connectivity index (χ1) is 8.68. The highest BCUT2D eigenvalue weighted by Gasteiger charge is 2.64. The Bertz CT molecular complexity index is 513. The third-order valence-electron chi connectivity index (χ3n) is 4.86. The van der Waals surface area contributed by atoms with E-state index >= 15 is 0 Å². The molecular formula is C14H19NO4. The predicted octanol–water partition coefficient (Wildman–Crippen LogP) is 2.39. The summed E-state index contributed by atoms with van der Waals surface area (Å²) in [6.07, 6.45) is 1.07. The molecule has 5 nitrogen and oxygen atoms in total. The van der Waals surface area contributed by atoms with Gasteiger partial charge >= 0.3 is 5.97 Å². The quantitative estimate of drug-likeness (QED) is 0.876. The number of carbonyl (C=O) groups is 2. The van der Waals surface area contributed by atoms with Crippen molar-refractivity contribution in [2.45, 2.75) is 27.7 Å². The Morgan fingerprint density at radius 2 is 1.89 bits per heavy atom. The Morgan fingerprint density at radius 1 is 1.32 bits per heavy atom. The fraction of sp³-hybridized carbons (Fsp3) is 0.571. The van der Waals surface area contributed by atoms with Crippen molar-refractivity contribution < 1.29 is 19.1 Å². The summed E-state index contributed by atoms with van der Waals surface area (Å²) in [5, 5.41) is 11.6. The van der Waals surface area contributed by atoms with Crippen LogP contribution in [0.1, 0.15) is 48.6 Å². The molecule has 0 atom stereocenters. The van der Waals surface area contributed by atoms with Crippen LogP contribution in [-0.2, 0) is 0 Å². The average Bonchev–Trinajstić information content (AvgIpc) is 2.72. The Hall–Kier alpha value is -1.78. The van der Waals surface area contributed by atoms with Crippen molar-refractivity contribution in [3.63, 3.8) is 0 Å². The van der Waals surface area contributed by atoms with Gasteiger partial charge in [0.1, 0.15) is 6.26 Å². The van der Waals surface area contributed by atoms with Gasteiger partial charge in [0, 0.05) is 12.6 Å². The molecule has 0 unspecified atom stereocenters. The highest BCUT2D eigenvalue weighted by atomic mass is 16.4. The number of aromatic carboxylic acids is 1. The molecule has 1 heterocycles. The van der Waals surface area contributed by atoms with Crippen LogP contribution in [0.5, 0.6) is 0 Å². The zero-order valence-electron chi connectivity index (χ0n) is 11.6. The second-order valence-electron chi connectivity index (χ2n) is 6.21. The molecule has 0 spiro atoms. The van der Waals surface area contributed by atoms with Crippen LogP contribution in [0.3, 0.4) is 0 Å². The molecule has 0 bridgehead atoms. The van der Waals surface area contributed by atoms with Crippen molar-refractivity contribution >= 4 is 11.9 Å². The number of carbonyl (C=O) groups excluding carboxylic acids is 1. The molecule has 1 aromatic heterocycles. The van der Waals surface area contributed by atoms with E-state index in [-0.39, 0.29) is 28.1 Å². The molecule has 2 rings (SSSR count). The van der Waals surface area contributed by atoms with Gasteiger partial charge in [-0.3, -0.25) is 4.79 Å². The molecule has 5 heteroatoms. The summed E-state index contributed by atoms with van der Waals surface area (Å²) in [4.78, 5) is 22.5. The van der Waals surface area contributed by atoms with Crippen LogP contribution in [0, 0.1) is 16.7 Å². The number of rotatable bonds is 4. The number of furan rings is 1. The fourth-order valence-corrected chi connectivity index (χ4v) is 2.69. The number of amides is 1. The standard InChI is InChI=1S/C14H19NO4/c1-13(2)10(14(13,3)4)6-15-11(16)9-5-8(7-19-9)12(17)18/h5,7,10H,6H2,1-4H3,(H,15,16)(H,17,18). The minimum atomic E-state index is -1.10. The van der Waals surface area contributed by atoms with Crippen LogP contribution in [-0.4, -0.2) is 23.5 Å². The molecule has 0 saturated heterocycles. The van der Waals surface area contributed by atoms with E-state index in [1.165, 1.54) is 6.07 Å². The summed E-state index contributed by atoms with van der Waals surface area (Å²) in [7, 11) is 0. The maximum absolute atomic E-state index is 11.8. The predicted molar refractivity (Wildman–Crippen MR) is 69.1 cm³/mol. The van der Waals surface area contributed by atoms with E-state index in [0.717, 1.165) is 6.26 Å². The lowest BCUT2D eigenvalue weighted by atomic mass is 10.0. The van der Waals surface area contributed by atoms with Gasteiger partial charge in [-0.05, 0) is 16.7 Å². The topological polar surface area (TPSA) is 79.5 Å². The monoisotopic (exact) mass is 265 g/mol. The molecule has 0 aromatic carbocycles. The summed E-state index contributed by atoms with van der Waals surface area (Å²) >= 11 is 0. The van der Waals surface area contributed by atoms with Crippen molar-refractivity contribution in [2.75, 3.05) is 6.54 Å². The molecular weight excluding hydrogens is 246 g/mol. The first kappa shape index (κ1) is 13.6. The third kappa shape index (κ3) is 2.13. The first-order valence-electron chi connectivity index (χ1n) is 6.28.